The monoisotopic (exact) mass is 392 g/mol. The van der Waals surface area contributed by atoms with Crippen LogP contribution in [0.15, 0.2) is 66.3 Å². The number of hydrogen-bond acceptors (Lipinski definition) is 4. The van der Waals surface area contributed by atoms with E-state index in [0.717, 1.165) is 24.3 Å². The Balaban J connectivity index is 1.35. The molecule has 2 aromatic heterocycles. The number of hydrogen-bond donors (Lipinski definition) is 1. The van der Waals surface area contributed by atoms with Gasteiger partial charge in [0.05, 0.1) is 17.9 Å². The molecule has 0 spiro atoms. The molecule has 4 rings (SSSR count). The van der Waals surface area contributed by atoms with Crippen molar-refractivity contribution >= 4 is 23.3 Å². The van der Waals surface area contributed by atoms with Crippen molar-refractivity contribution in [3.8, 4) is 5.69 Å². The molecule has 6 heteroatoms. The van der Waals surface area contributed by atoms with Crippen molar-refractivity contribution in [3.63, 3.8) is 0 Å². The second kappa shape index (κ2) is 8.99. The third kappa shape index (κ3) is 4.58. The van der Waals surface area contributed by atoms with E-state index in [1.54, 1.807) is 34.4 Å². The molecule has 1 N–H and O–H groups in total. The molecule has 0 saturated carbocycles. The minimum Gasteiger partial charge on any atom is -0.351 e. The van der Waals surface area contributed by atoms with E-state index in [-0.39, 0.29) is 11.9 Å². The summed E-state index contributed by atoms with van der Waals surface area (Å²) in [7, 11) is 0. The van der Waals surface area contributed by atoms with Crippen molar-refractivity contribution < 1.29 is 4.79 Å². The van der Waals surface area contributed by atoms with Crippen molar-refractivity contribution in [1.29, 1.82) is 0 Å². The van der Waals surface area contributed by atoms with Crippen LogP contribution in [0.3, 0.4) is 0 Å². The van der Waals surface area contributed by atoms with Gasteiger partial charge in [0.25, 0.3) is 0 Å². The van der Waals surface area contributed by atoms with Crippen LogP contribution in [0.4, 0.5) is 0 Å². The summed E-state index contributed by atoms with van der Waals surface area (Å²) in [5.41, 5.74) is 1.89. The molecule has 0 aliphatic carbocycles. The molecule has 1 aliphatic heterocycles. The SMILES string of the molecule is O=C(C=Cc1cnn(-c2ccccc2)c1)NCC(c1cccs1)N1CCCC1. The average Bonchev–Trinajstić information content (AvgIpc) is 3.50. The van der Waals surface area contributed by atoms with E-state index >= 15 is 0 Å². The summed E-state index contributed by atoms with van der Waals surface area (Å²) in [6, 6.07) is 14.4. The van der Waals surface area contributed by atoms with Crippen LogP contribution in [0.5, 0.6) is 0 Å². The minimum atomic E-state index is -0.0757. The topological polar surface area (TPSA) is 50.2 Å². The Hall–Kier alpha value is -2.70. The summed E-state index contributed by atoms with van der Waals surface area (Å²) in [5, 5.41) is 9.52. The molecule has 0 radical (unpaired) electrons. The van der Waals surface area contributed by atoms with Crippen LogP contribution in [-0.2, 0) is 4.79 Å². The fraction of sp³-hybridized carbons (Fsp3) is 0.273. The lowest BCUT2D eigenvalue weighted by Crippen LogP contribution is -2.35. The van der Waals surface area contributed by atoms with Gasteiger partial charge in [-0.2, -0.15) is 5.10 Å². The first-order valence-corrected chi connectivity index (χ1v) is 10.5. The molecule has 1 amide bonds. The lowest BCUT2D eigenvalue weighted by Gasteiger charge is -2.26. The summed E-state index contributed by atoms with van der Waals surface area (Å²) >= 11 is 1.76. The molecule has 0 bridgehead atoms. The third-order valence-corrected chi connectivity index (χ3v) is 5.95. The average molecular weight is 393 g/mol. The van der Waals surface area contributed by atoms with Crippen LogP contribution in [0.2, 0.25) is 0 Å². The smallest absolute Gasteiger partial charge is 0.244 e. The Labute approximate surface area is 169 Å². The second-order valence-corrected chi connectivity index (χ2v) is 7.89. The maximum Gasteiger partial charge on any atom is 0.244 e. The predicted molar refractivity (Wildman–Crippen MR) is 113 cm³/mol. The molecule has 3 heterocycles. The van der Waals surface area contributed by atoms with Crippen molar-refractivity contribution in [2.24, 2.45) is 0 Å². The fourth-order valence-electron chi connectivity index (χ4n) is 3.52. The number of nitrogens with zero attached hydrogens (tertiary/aromatic N) is 3. The van der Waals surface area contributed by atoms with Gasteiger partial charge in [0, 0.05) is 29.3 Å². The van der Waals surface area contributed by atoms with Gasteiger partial charge in [-0.15, -0.1) is 11.3 Å². The highest BCUT2D eigenvalue weighted by molar-refractivity contribution is 7.10. The van der Waals surface area contributed by atoms with E-state index in [0.29, 0.717) is 6.54 Å². The number of aromatic nitrogens is 2. The predicted octanol–water partition coefficient (Wildman–Crippen LogP) is 3.90. The van der Waals surface area contributed by atoms with Gasteiger partial charge in [-0.25, -0.2) is 4.68 Å². The Morgan fingerprint density at radius 3 is 2.75 bits per heavy atom. The quantitative estimate of drug-likeness (QED) is 0.621. The largest absolute Gasteiger partial charge is 0.351 e. The zero-order valence-corrected chi connectivity index (χ0v) is 16.5. The van der Waals surface area contributed by atoms with E-state index in [1.807, 2.05) is 36.5 Å². The number of likely N-dealkylation sites (tertiary alicyclic amines) is 1. The molecule has 1 aliphatic rings. The van der Waals surface area contributed by atoms with Crippen LogP contribution in [0.25, 0.3) is 11.8 Å². The number of carbonyl (C=O) groups excluding carboxylic acids is 1. The van der Waals surface area contributed by atoms with E-state index in [2.05, 4.69) is 32.8 Å². The van der Waals surface area contributed by atoms with E-state index < -0.39 is 0 Å². The Kier molecular flexibility index (Phi) is 5.99. The first-order chi connectivity index (χ1) is 13.8. The van der Waals surface area contributed by atoms with Crippen molar-refractivity contribution in [2.45, 2.75) is 18.9 Å². The van der Waals surface area contributed by atoms with Crippen LogP contribution in [0, 0.1) is 0 Å². The molecule has 144 valence electrons. The van der Waals surface area contributed by atoms with Gasteiger partial charge >= 0.3 is 0 Å². The first kappa shape index (κ1) is 18.7. The molecular weight excluding hydrogens is 368 g/mol. The number of thiophene rings is 1. The lowest BCUT2D eigenvalue weighted by molar-refractivity contribution is -0.116. The maximum atomic E-state index is 12.3. The van der Waals surface area contributed by atoms with Gasteiger partial charge in [-0.1, -0.05) is 24.3 Å². The summed E-state index contributed by atoms with van der Waals surface area (Å²) in [6.45, 7) is 2.84. The number of benzene rings is 1. The molecule has 1 atom stereocenters. The lowest BCUT2D eigenvalue weighted by atomic mass is 10.2. The molecule has 1 unspecified atom stereocenters. The van der Waals surface area contributed by atoms with E-state index in [1.165, 1.54) is 17.7 Å². The summed E-state index contributed by atoms with van der Waals surface area (Å²) in [5.74, 6) is -0.0757. The van der Waals surface area contributed by atoms with Crippen LogP contribution in [0.1, 0.15) is 29.3 Å². The Morgan fingerprint density at radius 1 is 1.18 bits per heavy atom. The van der Waals surface area contributed by atoms with Gasteiger partial charge < -0.3 is 5.32 Å². The Morgan fingerprint density at radius 2 is 2.00 bits per heavy atom. The van der Waals surface area contributed by atoms with E-state index in [9.17, 15) is 4.79 Å². The minimum absolute atomic E-state index is 0.0757. The number of carbonyl (C=O) groups is 1. The highest BCUT2D eigenvalue weighted by atomic mass is 32.1. The molecule has 1 aromatic carbocycles. The number of nitrogens with one attached hydrogen (secondary N) is 1. The number of rotatable bonds is 7. The molecule has 5 nitrogen and oxygen atoms in total. The summed E-state index contributed by atoms with van der Waals surface area (Å²) in [6.07, 6.45) is 9.54. The fourth-order valence-corrected chi connectivity index (χ4v) is 4.38. The number of amides is 1. The van der Waals surface area contributed by atoms with Crippen molar-refractivity contribution in [3.05, 3.63) is 76.8 Å². The van der Waals surface area contributed by atoms with Gasteiger partial charge in [0.15, 0.2) is 0 Å². The normalized spacial score (nSPS) is 15.9. The molecular formula is C22H24N4OS. The van der Waals surface area contributed by atoms with Crippen LogP contribution >= 0.6 is 11.3 Å². The van der Waals surface area contributed by atoms with Crippen LogP contribution in [-0.4, -0.2) is 40.2 Å². The standard InChI is InChI=1S/C22H24N4OS/c27-22(11-10-18-15-24-26(17-18)19-7-2-1-3-8-19)23-16-20(21-9-6-14-28-21)25-12-4-5-13-25/h1-3,6-11,14-15,17,20H,4-5,12-13,16H2,(H,23,27). The van der Waals surface area contributed by atoms with Gasteiger partial charge in [0.2, 0.25) is 5.91 Å². The molecule has 28 heavy (non-hydrogen) atoms. The zero-order chi connectivity index (χ0) is 19.2. The summed E-state index contributed by atoms with van der Waals surface area (Å²) in [4.78, 5) is 16.1. The first-order valence-electron chi connectivity index (χ1n) is 9.63. The number of para-hydroxylation sites is 1. The molecule has 3 aromatic rings. The summed E-state index contributed by atoms with van der Waals surface area (Å²) < 4.78 is 1.80. The van der Waals surface area contributed by atoms with Gasteiger partial charge in [-0.3, -0.25) is 9.69 Å². The maximum absolute atomic E-state index is 12.3. The van der Waals surface area contributed by atoms with E-state index in [4.69, 9.17) is 0 Å². The van der Waals surface area contributed by atoms with Gasteiger partial charge in [0.1, 0.15) is 0 Å². The van der Waals surface area contributed by atoms with Crippen molar-refractivity contribution in [2.75, 3.05) is 19.6 Å². The van der Waals surface area contributed by atoms with Gasteiger partial charge in [-0.05, 0) is 55.6 Å². The zero-order valence-electron chi connectivity index (χ0n) is 15.7. The Bertz CT molecular complexity index is 911. The van der Waals surface area contributed by atoms with Crippen LogP contribution < -0.4 is 5.32 Å². The second-order valence-electron chi connectivity index (χ2n) is 6.91. The highest BCUT2D eigenvalue weighted by Crippen LogP contribution is 2.27. The molecule has 1 saturated heterocycles. The third-order valence-electron chi connectivity index (χ3n) is 4.97. The van der Waals surface area contributed by atoms with Crippen molar-refractivity contribution in [1.82, 2.24) is 20.0 Å². The molecule has 1 fully saturated rings. The highest BCUT2D eigenvalue weighted by Gasteiger charge is 2.24.